The van der Waals surface area contributed by atoms with E-state index in [1.54, 1.807) is 48.3 Å². The number of aliphatic hydroxyl groups is 1. The predicted octanol–water partition coefficient (Wildman–Crippen LogP) is 6.82. The van der Waals surface area contributed by atoms with Crippen LogP contribution in [0.1, 0.15) is 93.4 Å². The number of thiazole rings is 1. The number of carbonyl (C=O) groups excluding carboxylic acids is 4. The Morgan fingerprint density at radius 3 is 2.43 bits per heavy atom. The second-order valence-corrected chi connectivity index (χ2v) is 21.8. The first-order valence-corrected chi connectivity index (χ1v) is 25.8. The Kier molecular flexibility index (Phi) is 17.1. The molecule has 0 bridgehead atoms. The number of aliphatic hydroxyl groups excluding tert-OH is 1. The van der Waals surface area contributed by atoms with Crippen molar-refractivity contribution in [1.82, 2.24) is 41.1 Å². The van der Waals surface area contributed by atoms with E-state index in [1.165, 1.54) is 18.2 Å². The summed E-state index contributed by atoms with van der Waals surface area (Å²) in [6.07, 6.45) is 4.81. The van der Waals surface area contributed by atoms with Crippen LogP contribution in [0.5, 0.6) is 5.75 Å². The molecule has 2 aromatic heterocycles. The van der Waals surface area contributed by atoms with E-state index >= 15 is 4.39 Å². The van der Waals surface area contributed by atoms with Gasteiger partial charge in [-0.3, -0.25) is 19.2 Å². The quantitative estimate of drug-likeness (QED) is 0.0428. The van der Waals surface area contributed by atoms with Gasteiger partial charge in [0.2, 0.25) is 17.8 Å². The number of β-amino-alcohol motifs (C(OH)–C–C–N with tert-alkyl or cyclic N) is 1. The number of rotatable bonds is 21. The Morgan fingerprint density at radius 2 is 1.77 bits per heavy atom. The Hall–Kier alpha value is -5.08. The normalized spacial score (nSPS) is 20.6. The van der Waals surface area contributed by atoms with E-state index in [1.807, 2.05) is 57.5 Å². The maximum absolute atomic E-state index is 15.2. The number of methoxy groups -OCH3 is 1. The summed E-state index contributed by atoms with van der Waals surface area (Å²) in [5.41, 5.74) is 3.71. The number of anilines is 3. The van der Waals surface area contributed by atoms with Gasteiger partial charge in [-0.1, -0.05) is 35.9 Å². The molecule has 3 fully saturated rings. The Morgan fingerprint density at radius 1 is 1.04 bits per heavy atom. The number of amides is 4. The lowest BCUT2D eigenvalue weighted by Gasteiger charge is -2.39. The molecule has 4 amide bonds. The predicted molar refractivity (Wildman–Crippen MR) is 270 cm³/mol. The van der Waals surface area contributed by atoms with Gasteiger partial charge in [-0.2, -0.15) is 16.7 Å². The van der Waals surface area contributed by atoms with Crippen LogP contribution in [0.15, 0.2) is 54.2 Å². The molecule has 1 unspecified atom stereocenters. The Bertz CT molecular complexity index is 2450. The molecule has 4 atom stereocenters. The van der Waals surface area contributed by atoms with Crippen molar-refractivity contribution < 1.29 is 33.4 Å². The zero-order valence-corrected chi connectivity index (χ0v) is 42.4. The van der Waals surface area contributed by atoms with Crippen LogP contribution in [-0.2, 0) is 14.4 Å². The van der Waals surface area contributed by atoms with Gasteiger partial charge in [0.15, 0.2) is 5.67 Å². The molecule has 372 valence electrons. The lowest BCUT2D eigenvalue weighted by Crippen LogP contribution is -2.61. The van der Waals surface area contributed by atoms with Crippen LogP contribution in [0.2, 0.25) is 5.02 Å². The summed E-state index contributed by atoms with van der Waals surface area (Å²) >= 11 is 9.24. The number of hydrogen-bond donors (Lipinski definition) is 7. The maximum atomic E-state index is 15.2. The molecule has 7 N–H and O–H groups in total. The number of benzene rings is 2. The van der Waals surface area contributed by atoms with Crippen molar-refractivity contribution >= 4 is 75.8 Å². The van der Waals surface area contributed by atoms with E-state index in [4.69, 9.17) is 16.3 Å². The highest BCUT2D eigenvalue weighted by molar-refractivity contribution is 8.00. The van der Waals surface area contributed by atoms with Gasteiger partial charge in [-0.05, 0) is 120 Å². The van der Waals surface area contributed by atoms with Crippen LogP contribution >= 0.6 is 34.7 Å². The van der Waals surface area contributed by atoms with Crippen LogP contribution in [0, 0.1) is 18.8 Å². The van der Waals surface area contributed by atoms with Crippen LogP contribution in [0.4, 0.5) is 21.8 Å². The van der Waals surface area contributed by atoms with Crippen LogP contribution in [-0.4, -0.2) is 123 Å². The minimum atomic E-state index is -2.01. The van der Waals surface area contributed by atoms with Crippen molar-refractivity contribution in [3.05, 3.63) is 76.0 Å². The number of hydrogen-bond acceptors (Lipinski definition) is 14. The Balaban J connectivity index is 0.867. The molecular weight excluding hydrogens is 943 g/mol. The average molecular weight is 1010 g/mol. The van der Waals surface area contributed by atoms with E-state index < -0.39 is 46.3 Å². The number of aromatic nitrogens is 3. The summed E-state index contributed by atoms with van der Waals surface area (Å²) in [7, 11) is 3.24. The van der Waals surface area contributed by atoms with E-state index in [0.717, 1.165) is 59.7 Å². The van der Waals surface area contributed by atoms with Crippen LogP contribution in [0.25, 0.3) is 10.4 Å². The number of likely N-dealkylation sites (tertiary alicyclic amines) is 1. The molecule has 1 aliphatic heterocycles. The lowest BCUT2D eigenvalue weighted by atomic mass is 9.83. The van der Waals surface area contributed by atoms with Gasteiger partial charge in [0, 0.05) is 43.4 Å². The molecule has 0 radical (unpaired) electrons. The van der Waals surface area contributed by atoms with E-state index in [-0.39, 0.29) is 37.8 Å². The number of aryl methyl sites for hydroxylation is 1. The van der Waals surface area contributed by atoms with Gasteiger partial charge in [0.1, 0.15) is 28.7 Å². The minimum absolute atomic E-state index is 0.0479. The molecule has 0 spiro atoms. The standard InChI is InChI=1S/C49H64ClFN10O6S2/c1-28(32-11-13-33(14-12-32)40-29(2)56-27-68-40)57-44(64)38-22-35(62)25-61(38)45(65)41(59-46(66)49(51)17-18-49)48(3,4)69-26-31-9-7-30(8-10-31)23-53-19-20-54-43(63)34-15-16-37(39(21-34)67-6)58-47-55-24-36(50)42(52-5)60-47/h11-16,21,24,27-28,30-31,35,38,41,53,62H,7-10,17-20,22-23,25-26H2,1-6H3,(H,54,63)(H,57,64)(H,59,66)(H2,52,55,58,60)/t28-,30-,31-,35+,38?,41+/m0/s1. The van der Waals surface area contributed by atoms with Crippen molar-refractivity contribution in [3.8, 4) is 16.2 Å². The largest absolute Gasteiger partial charge is 0.495 e. The molecule has 1 saturated heterocycles. The average Bonchev–Trinajstić information content (AvgIpc) is 3.75. The topological polar surface area (TPSA) is 212 Å². The van der Waals surface area contributed by atoms with E-state index in [2.05, 4.69) is 46.9 Å². The van der Waals surface area contributed by atoms with Crippen molar-refractivity contribution in [2.24, 2.45) is 11.8 Å². The molecule has 7 rings (SSSR count). The summed E-state index contributed by atoms with van der Waals surface area (Å²) < 4.78 is 19.8. The first kappa shape index (κ1) is 51.8. The van der Waals surface area contributed by atoms with Crippen molar-refractivity contribution in [2.45, 2.75) is 107 Å². The van der Waals surface area contributed by atoms with E-state index in [0.29, 0.717) is 58.7 Å². The van der Waals surface area contributed by atoms with Crippen molar-refractivity contribution in [2.75, 3.05) is 56.7 Å². The number of nitrogens with zero attached hydrogens (tertiary/aromatic N) is 4. The Labute approximate surface area is 416 Å². The maximum Gasteiger partial charge on any atom is 0.258 e. The third-order valence-electron chi connectivity index (χ3n) is 13.3. The fourth-order valence-electron chi connectivity index (χ4n) is 8.85. The zero-order chi connectivity index (χ0) is 49.5. The minimum Gasteiger partial charge on any atom is -0.495 e. The fraction of sp³-hybridized carbons (Fsp3) is 0.531. The molecule has 69 heavy (non-hydrogen) atoms. The third kappa shape index (κ3) is 13.0. The second-order valence-electron chi connectivity index (χ2n) is 18.8. The van der Waals surface area contributed by atoms with Gasteiger partial charge in [0.05, 0.1) is 47.2 Å². The van der Waals surface area contributed by atoms with Crippen LogP contribution < -0.4 is 36.6 Å². The fourth-order valence-corrected chi connectivity index (χ4v) is 11.2. The summed E-state index contributed by atoms with van der Waals surface area (Å²) in [6.45, 7) is 9.39. The van der Waals surface area contributed by atoms with Gasteiger partial charge in [-0.15, -0.1) is 11.3 Å². The molecule has 4 aromatic rings. The van der Waals surface area contributed by atoms with Crippen LogP contribution in [0.3, 0.4) is 0 Å². The number of carbonyl (C=O) groups is 4. The first-order chi connectivity index (χ1) is 33.0. The highest BCUT2D eigenvalue weighted by Gasteiger charge is 2.54. The highest BCUT2D eigenvalue weighted by atomic mass is 35.5. The molecule has 3 heterocycles. The molecule has 2 aromatic carbocycles. The summed E-state index contributed by atoms with van der Waals surface area (Å²) in [5.74, 6) is 0.881. The monoisotopic (exact) mass is 1010 g/mol. The molecule has 2 saturated carbocycles. The molecular formula is C49H64ClFN10O6S2. The molecule has 3 aliphatic rings. The number of halogens is 2. The van der Waals surface area contributed by atoms with Gasteiger partial charge >= 0.3 is 0 Å². The molecule has 20 heteroatoms. The number of ether oxygens (including phenoxy) is 1. The summed E-state index contributed by atoms with van der Waals surface area (Å²) in [5, 5.41) is 29.5. The summed E-state index contributed by atoms with van der Waals surface area (Å²) in [6, 6.07) is 10.5. The zero-order valence-electron chi connectivity index (χ0n) is 40.0. The van der Waals surface area contributed by atoms with Gasteiger partial charge in [0.25, 0.3) is 11.8 Å². The lowest BCUT2D eigenvalue weighted by molar-refractivity contribution is -0.143. The third-order valence-corrected chi connectivity index (χ3v) is 16.2. The molecule has 2 aliphatic carbocycles. The number of alkyl halides is 1. The van der Waals surface area contributed by atoms with Crippen molar-refractivity contribution in [3.63, 3.8) is 0 Å². The van der Waals surface area contributed by atoms with Gasteiger partial charge in [-0.25, -0.2) is 14.4 Å². The number of thioether (sulfide) groups is 1. The molecule has 16 nitrogen and oxygen atoms in total. The first-order valence-electron chi connectivity index (χ1n) is 23.6. The van der Waals surface area contributed by atoms with E-state index in [9.17, 15) is 24.3 Å². The number of nitrogens with one attached hydrogen (secondary N) is 6. The second kappa shape index (κ2) is 22.8. The smallest absolute Gasteiger partial charge is 0.258 e. The highest BCUT2D eigenvalue weighted by Crippen LogP contribution is 2.42. The summed E-state index contributed by atoms with van der Waals surface area (Å²) in [4.78, 5) is 70.0. The van der Waals surface area contributed by atoms with Gasteiger partial charge < -0.3 is 46.6 Å². The SMILES string of the molecule is CNc1nc(Nc2ccc(C(=O)NCCNC[C@H]3CC[C@H](CSC(C)(C)[C@H](NC(=O)C4(F)CC4)C(=O)N4C[C@H](O)CC4C(=O)N[C@@H](C)c4ccc(-c5scnc5C)cc4)CC3)cc2OC)ncc1Cl. The van der Waals surface area contributed by atoms with Crippen molar-refractivity contribution in [1.29, 1.82) is 0 Å².